The molecule has 0 radical (unpaired) electrons. The average molecular weight is 381 g/mol. The molecule has 0 unspecified atom stereocenters. The van der Waals surface area contributed by atoms with Gasteiger partial charge in [0.1, 0.15) is 17.9 Å². The molecule has 4 rings (SSSR count). The number of aryl methyl sites for hydroxylation is 1. The van der Waals surface area contributed by atoms with Gasteiger partial charge in [0.15, 0.2) is 11.5 Å². The van der Waals surface area contributed by atoms with E-state index in [2.05, 4.69) is 10.2 Å². The molecule has 4 aromatic rings. The van der Waals surface area contributed by atoms with Crippen LogP contribution in [0.2, 0.25) is 0 Å². The van der Waals surface area contributed by atoms with Crippen LogP contribution in [0.4, 0.5) is 8.78 Å². The molecule has 0 amide bonds. The number of aromatic nitrogens is 3. The summed E-state index contributed by atoms with van der Waals surface area (Å²) >= 11 is 1.18. The molecule has 0 bridgehead atoms. The molecule has 4 nitrogen and oxygen atoms in total. The van der Waals surface area contributed by atoms with Crippen LogP contribution in [0.1, 0.15) is 15.9 Å². The molecule has 0 fully saturated rings. The van der Waals surface area contributed by atoms with Gasteiger partial charge in [0.25, 0.3) is 0 Å². The lowest BCUT2D eigenvalue weighted by atomic mass is 10.1. The Balaban J connectivity index is 1.79. The molecule has 2 aromatic carbocycles. The van der Waals surface area contributed by atoms with Crippen molar-refractivity contribution in [2.45, 2.75) is 16.7 Å². The summed E-state index contributed by atoms with van der Waals surface area (Å²) in [6, 6.07) is 12.4. The van der Waals surface area contributed by atoms with Gasteiger partial charge in [0.05, 0.1) is 0 Å². The van der Waals surface area contributed by atoms with Gasteiger partial charge in [-0.05, 0) is 42.8 Å². The molecule has 7 heteroatoms. The highest BCUT2D eigenvalue weighted by atomic mass is 32.2. The molecular formula is C20H13F2N3OS. The molecule has 0 aliphatic heterocycles. The first kappa shape index (κ1) is 17.4. The molecule has 0 atom stereocenters. The van der Waals surface area contributed by atoms with E-state index in [1.807, 2.05) is 13.0 Å². The molecule has 0 N–H and O–H groups in total. The Hall–Kier alpha value is -3.06. The van der Waals surface area contributed by atoms with Crippen LogP contribution in [0.15, 0.2) is 64.5 Å². The summed E-state index contributed by atoms with van der Waals surface area (Å²) in [7, 11) is 0. The lowest BCUT2D eigenvalue weighted by Gasteiger charge is -2.07. The number of carbonyl (C=O) groups is 1. The van der Waals surface area contributed by atoms with Crippen molar-refractivity contribution in [2.24, 2.45) is 0 Å². The van der Waals surface area contributed by atoms with E-state index in [0.29, 0.717) is 21.9 Å². The van der Waals surface area contributed by atoms with Crippen molar-refractivity contribution in [3.8, 4) is 11.4 Å². The fourth-order valence-corrected chi connectivity index (χ4v) is 3.59. The van der Waals surface area contributed by atoms with E-state index < -0.39 is 11.6 Å². The second-order valence-electron chi connectivity index (χ2n) is 5.99. The molecule has 0 saturated carbocycles. The maximum atomic E-state index is 13.9. The van der Waals surface area contributed by atoms with Gasteiger partial charge in [0.2, 0.25) is 0 Å². The second-order valence-corrected chi connectivity index (χ2v) is 7.10. The standard InChI is InChI=1S/C20H13F2N3OS/c1-12-2-3-13(11-26)8-16(12)20-24-23-19-7-5-15(10-25(19)20)27-18-6-4-14(21)9-17(18)22/h2-11H,1H3. The number of aldehydes is 1. The number of nitrogens with zero attached hydrogens (tertiary/aromatic N) is 3. The molecule has 0 spiro atoms. The van der Waals surface area contributed by atoms with Crippen LogP contribution in [-0.4, -0.2) is 20.9 Å². The molecular weight excluding hydrogens is 368 g/mol. The van der Waals surface area contributed by atoms with E-state index in [1.165, 1.54) is 23.9 Å². The largest absolute Gasteiger partial charge is 0.298 e. The quantitative estimate of drug-likeness (QED) is 0.470. The van der Waals surface area contributed by atoms with Crippen LogP contribution in [0, 0.1) is 18.6 Å². The van der Waals surface area contributed by atoms with Crippen molar-refractivity contribution in [1.29, 1.82) is 0 Å². The molecule has 0 saturated heterocycles. The van der Waals surface area contributed by atoms with E-state index in [1.54, 1.807) is 34.9 Å². The minimum Gasteiger partial charge on any atom is -0.298 e. The maximum Gasteiger partial charge on any atom is 0.168 e. The zero-order chi connectivity index (χ0) is 19.0. The Kier molecular flexibility index (Phi) is 4.45. The van der Waals surface area contributed by atoms with Crippen LogP contribution in [-0.2, 0) is 0 Å². The molecule has 134 valence electrons. The van der Waals surface area contributed by atoms with E-state index in [4.69, 9.17) is 0 Å². The van der Waals surface area contributed by atoms with Crippen LogP contribution in [0.25, 0.3) is 17.0 Å². The predicted octanol–water partition coefficient (Wildman–Crippen LogP) is 4.95. The first-order valence-corrected chi connectivity index (χ1v) is 8.91. The van der Waals surface area contributed by atoms with Crippen molar-refractivity contribution in [2.75, 3.05) is 0 Å². The number of hydrogen-bond acceptors (Lipinski definition) is 4. The van der Waals surface area contributed by atoms with Gasteiger partial charge in [-0.25, -0.2) is 8.78 Å². The zero-order valence-corrected chi connectivity index (χ0v) is 15.0. The fourth-order valence-electron chi connectivity index (χ4n) is 2.75. The Morgan fingerprint density at radius 3 is 2.67 bits per heavy atom. The normalized spacial score (nSPS) is 11.1. The van der Waals surface area contributed by atoms with Crippen molar-refractivity contribution >= 4 is 23.7 Å². The number of fused-ring (bicyclic) bond motifs is 1. The van der Waals surface area contributed by atoms with Crippen LogP contribution >= 0.6 is 11.8 Å². The van der Waals surface area contributed by atoms with Crippen LogP contribution in [0.5, 0.6) is 0 Å². The number of pyridine rings is 1. The monoisotopic (exact) mass is 381 g/mol. The summed E-state index contributed by atoms with van der Waals surface area (Å²) in [5.74, 6) is -0.634. The molecule has 0 aliphatic rings. The summed E-state index contributed by atoms with van der Waals surface area (Å²) in [6.45, 7) is 1.93. The Labute approximate surface area is 157 Å². The summed E-state index contributed by atoms with van der Waals surface area (Å²) in [4.78, 5) is 12.2. The number of benzene rings is 2. The minimum absolute atomic E-state index is 0.324. The van der Waals surface area contributed by atoms with Gasteiger partial charge < -0.3 is 0 Å². The van der Waals surface area contributed by atoms with Crippen LogP contribution < -0.4 is 0 Å². The van der Waals surface area contributed by atoms with E-state index in [9.17, 15) is 13.6 Å². The number of hydrogen-bond donors (Lipinski definition) is 0. The van der Waals surface area contributed by atoms with Gasteiger partial charge in [-0.3, -0.25) is 9.20 Å². The smallest absolute Gasteiger partial charge is 0.168 e. The van der Waals surface area contributed by atoms with Crippen molar-refractivity contribution in [1.82, 2.24) is 14.6 Å². The first-order valence-electron chi connectivity index (χ1n) is 8.09. The highest BCUT2D eigenvalue weighted by molar-refractivity contribution is 7.99. The van der Waals surface area contributed by atoms with Gasteiger partial charge >= 0.3 is 0 Å². The van der Waals surface area contributed by atoms with Crippen molar-refractivity contribution < 1.29 is 13.6 Å². The van der Waals surface area contributed by atoms with Crippen molar-refractivity contribution in [3.63, 3.8) is 0 Å². The molecule has 2 heterocycles. The Morgan fingerprint density at radius 2 is 1.89 bits per heavy atom. The van der Waals surface area contributed by atoms with E-state index >= 15 is 0 Å². The topological polar surface area (TPSA) is 47.3 Å². The van der Waals surface area contributed by atoms with Gasteiger partial charge in [-0.15, -0.1) is 10.2 Å². The third-order valence-corrected chi connectivity index (χ3v) is 5.16. The number of carbonyl (C=O) groups excluding carboxylic acids is 1. The van der Waals surface area contributed by atoms with Crippen LogP contribution in [0.3, 0.4) is 0 Å². The lowest BCUT2D eigenvalue weighted by molar-refractivity contribution is 0.112. The summed E-state index contributed by atoms with van der Waals surface area (Å²) in [5, 5.41) is 8.40. The number of rotatable bonds is 4. The average Bonchev–Trinajstić information content (AvgIpc) is 3.07. The lowest BCUT2D eigenvalue weighted by Crippen LogP contribution is -1.94. The molecule has 27 heavy (non-hydrogen) atoms. The third kappa shape index (κ3) is 3.33. The maximum absolute atomic E-state index is 13.9. The van der Waals surface area contributed by atoms with E-state index in [-0.39, 0.29) is 0 Å². The fraction of sp³-hybridized carbons (Fsp3) is 0.0500. The SMILES string of the molecule is Cc1ccc(C=O)cc1-c1nnc2ccc(Sc3ccc(F)cc3F)cn12. The Bertz CT molecular complexity index is 1170. The second kappa shape index (κ2) is 6.92. The molecule has 2 aromatic heterocycles. The van der Waals surface area contributed by atoms with Gasteiger partial charge in [-0.1, -0.05) is 23.9 Å². The highest BCUT2D eigenvalue weighted by Gasteiger charge is 2.13. The summed E-state index contributed by atoms with van der Waals surface area (Å²) in [6.07, 6.45) is 2.58. The zero-order valence-electron chi connectivity index (χ0n) is 14.2. The summed E-state index contributed by atoms with van der Waals surface area (Å²) < 4.78 is 28.8. The van der Waals surface area contributed by atoms with Gasteiger partial charge in [-0.2, -0.15) is 0 Å². The third-order valence-electron chi connectivity index (χ3n) is 4.14. The van der Waals surface area contributed by atoms with Crippen molar-refractivity contribution in [3.05, 3.63) is 77.5 Å². The minimum atomic E-state index is -0.612. The first-order chi connectivity index (χ1) is 13.0. The van der Waals surface area contributed by atoms with Gasteiger partial charge in [0, 0.05) is 33.2 Å². The van der Waals surface area contributed by atoms with E-state index in [0.717, 1.165) is 28.4 Å². The Morgan fingerprint density at radius 1 is 1.04 bits per heavy atom. The predicted molar refractivity (Wildman–Crippen MR) is 99.0 cm³/mol. The number of halogens is 2. The highest BCUT2D eigenvalue weighted by Crippen LogP contribution is 2.31. The molecule has 0 aliphatic carbocycles. The summed E-state index contributed by atoms with van der Waals surface area (Å²) in [5.41, 5.74) is 2.93.